The first kappa shape index (κ1) is 23.2. The Morgan fingerprint density at radius 1 is 0.654 bits per heavy atom. The molecule has 0 bridgehead atoms. The van der Waals surface area contributed by atoms with E-state index in [0.29, 0.717) is 0 Å². The van der Waals surface area contributed by atoms with E-state index < -0.39 is 0 Å². The van der Waals surface area contributed by atoms with E-state index in [0.717, 1.165) is 0 Å². The largest absolute Gasteiger partial charge is 0.256 e. The lowest BCUT2D eigenvalue weighted by molar-refractivity contribution is -0.704. The van der Waals surface area contributed by atoms with Gasteiger partial charge in [0.1, 0.15) is 12.4 Å². The van der Waals surface area contributed by atoms with Crippen molar-refractivity contribution >= 4 is 0 Å². The third kappa shape index (κ3) is 10.4. The third-order valence-corrected chi connectivity index (χ3v) is 5.60. The molecule has 0 amide bonds. The summed E-state index contributed by atoms with van der Waals surface area (Å²) in [6.07, 6.45) is 26.7. The molecule has 1 aromatic heterocycles. The van der Waals surface area contributed by atoms with Gasteiger partial charge in [0.15, 0.2) is 0 Å². The zero-order chi connectivity index (χ0) is 18.9. The highest BCUT2D eigenvalue weighted by Gasteiger charge is 2.16. The lowest BCUT2D eigenvalue weighted by atomic mass is 10.1. The van der Waals surface area contributed by atoms with E-state index in [1.807, 2.05) is 0 Å². The van der Waals surface area contributed by atoms with Crippen molar-refractivity contribution in [3.63, 3.8) is 0 Å². The standard InChI is InChI=1S/C24H47N2/c1-4-7-10-12-13-14-15-16-19-24-25(20-17-9-6-3)22-23-26(24)21-18-11-8-5-2/h22-23H,4-21H2,1-3H3/q+1. The third-order valence-electron chi connectivity index (χ3n) is 5.60. The van der Waals surface area contributed by atoms with Crippen molar-refractivity contribution in [3.05, 3.63) is 18.2 Å². The van der Waals surface area contributed by atoms with Crippen molar-refractivity contribution in [2.75, 3.05) is 0 Å². The molecule has 0 radical (unpaired) electrons. The van der Waals surface area contributed by atoms with Gasteiger partial charge in [0.05, 0.1) is 13.1 Å². The average Bonchev–Trinajstić information content (AvgIpc) is 3.03. The SMILES string of the molecule is CCCCCCCCCCc1n(CCCCCC)cc[n+]1CCCCC. The van der Waals surface area contributed by atoms with E-state index >= 15 is 0 Å². The predicted octanol–water partition coefficient (Wildman–Crippen LogP) is 7.23. The van der Waals surface area contributed by atoms with Crippen LogP contribution in [-0.2, 0) is 19.5 Å². The second-order valence-electron chi connectivity index (χ2n) is 8.09. The summed E-state index contributed by atoms with van der Waals surface area (Å²) in [5, 5.41) is 0. The van der Waals surface area contributed by atoms with Crippen LogP contribution in [0.5, 0.6) is 0 Å². The zero-order valence-corrected chi connectivity index (χ0v) is 18.3. The number of aromatic nitrogens is 2. The molecule has 0 aromatic carbocycles. The molecule has 0 N–H and O–H groups in total. The highest BCUT2D eigenvalue weighted by atomic mass is 15.1. The maximum atomic E-state index is 2.56. The molecular formula is C24H47N2+. The average molecular weight is 364 g/mol. The van der Waals surface area contributed by atoms with Crippen molar-refractivity contribution in [1.29, 1.82) is 0 Å². The van der Waals surface area contributed by atoms with Gasteiger partial charge in [-0.2, -0.15) is 0 Å². The lowest BCUT2D eigenvalue weighted by Gasteiger charge is -2.06. The smallest absolute Gasteiger partial charge is 0.234 e. The summed E-state index contributed by atoms with van der Waals surface area (Å²) < 4.78 is 5.11. The second-order valence-corrected chi connectivity index (χ2v) is 8.09. The summed E-state index contributed by atoms with van der Waals surface area (Å²) in [4.78, 5) is 0. The van der Waals surface area contributed by atoms with Crippen LogP contribution in [-0.4, -0.2) is 4.57 Å². The van der Waals surface area contributed by atoms with Crippen molar-refractivity contribution in [2.24, 2.45) is 0 Å². The molecule has 152 valence electrons. The fourth-order valence-electron chi connectivity index (χ4n) is 3.85. The first-order chi connectivity index (χ1) is 12.8. The highest BCUT2D eigenvalue weighted by molar-refractivity contribution is 4.84. The number of hydrogen-bond acceptors (Lipinski definition) is 0. The minimum Gasteiger partial charge on any atom is -0.234 e. The molecule has 1 rings (SSSR count). The van der Waals surface area contributed by atoms with E-state index in [2.05, 4.69) is 42.3 Å². The Labute approximate surface area is 164 Å². The van der Waals surface area contributed by atoms with Crippen LogP contribution < -0.4 is 4.57 Å². The monoisotopic (exact) mass is 363 g/mol. The summed E-state index contributed by atoms with van der Waals surface area (Å²) >= 11 is 0. The Morgan fingerprint density at radius 2 is 1.19 bits per heavy atom. The first-order valence-corrected chi connectivity index (χ1v) is 11.9. The molecule has 0 aliphatic carbocycles. The van der Waals surface area contributed by atoms with E-state index in [9.17, 15) is 0 Å². The Bertz CT molecular complexity index is 422. The van der Waals surface area contributed by atoms with Crippen LogP contribution in [0.25, 0.3) is 0 Å². The molecule has 0 unspecified atom stereocenters. The van der Waals surface area contributed by atoms with Crippen LogP contribution in [0.1, 0.15) is 123 Å². The summed E-state index contributed by atoms with van der Waals surface area (Å²) in [6, 6.07) is 0. The first-order valence-electron chi connectivity index (χ1n) is 11.9. The van der Waals surface area contributed by atoms with Gasteiger partial charge < -0.3 is 0 Å². The van der Waals surface area contributed by atoms with Gasteiger partial charge in [-0.15, -0.1) is 0 Å². The van der Waals surface area contributed by atoms with Crippen molar-refractivity contribution < 1.29 is 4.57 Å². The number of unbranched alkanes of at least 4 members (excludes halogenated alkanes) is 12. The van der Waals surface area contributed by atoms with Crippen molar-refractivity contribution in [1.82, 2.24) is 4.57 Å². The molecule has 0 fully saturated rings. The Hall–Kier alpha value is -0.790. The van der Waals surface area contributed by atoms with Crippen LogP contribution in [0.2, 0.25) is 0 Å². The summed E-state index contributed by atoms with van der Waals surface area (Å²) in [6.45, 7) is 9.32. The van der Waals surface area contributed by atoms with Gasteiger partial charge >= 0.3 is 0 Å². The molecule has 0 spiro atoms. The van der Waals surface area contributed by atoms with Crippen LogP contribution >= 0.6 is 0 Å². The molecule has 0 aliphatic heterocycles. The normalized spacial score (nSPS) is 11.3. The number of hydrogen-bond donors (Lipinski definition) is 0. The van der Waals surface area contributed by atoms with E-state index in [1.165, 1.54) is 116 Å². The van der Waals surface area contributed by atoms with Gasteiger partial charge in [-0.3, -0.25) is 0 Å². The Kier molecular flexibility index (Phi) is 14.7. The minimum absolute atomic E-state index is 1.21. The number of aryl methyl sites for hydroxylation is 2. The van der Waals surface area contributed by atoms with Crippen LogP contribution in [0.15, 0.2) is 12.4 Å². The van der Waals surface area contributed by atoms with E-state index in [-0.39, 0.29) is 0 Å². The second kappa shape index (κ2) is 16.4. The minimum atomic E-state index is 1.21. The van der Waals surface area contributed by atoms with Gasteiger partial charge in [0, 0.05) is 6.42 Å². The van der Waals surface area contributed by atoms with Gasteiger partial charge in [-0.25, -0.2) is 9.13 Å². The quantitative estimate of drug-likeness (QED) is 0.192. The molecule has 26 heavy (non-hydrogen) atoms. The number of rotatable bonds is 18. The maximum absolute atomic E-state index is 2.56. The zero-order valence-electron chi connectivity index (χ0n) is 18.3. The van der Waals surface area contributed by atoms with Crippen LogP contribution in [0.4, 0.5) is 0 Å². The summed E-state index contributed by atoms with van der Waals surface area (Å²) in [5.74, 6) is 1.59. The molecule has 0 aliphatic rings. The van der Waals surface area contributed by atoms with Gasteiger partial charge in [-0.1, -0.05) is 85.0 Å². The lowest BCUT2D eigenvalue weighted by Crippen LogP contribution is -2.37. The molecule has 1 aromatic rings. The molecule has 0 atom stereocenters. The number of imidazole rings is 1. The Morgan fingerprint density at radius 3 is 1.85 bits per heavy atom. The predicted molar refractivity (Wildman–Crippen MR) is 115 cm³/mol. The van der Waals surface area contributed by atoms with Crippen molar-refractivity contribution in [2.45, 2.75) is 137 Å². The molecule has 0 saturated carbocycles. The van der Waals surface area contributed by atoms with Crippen LogP contribution in [0.3, 0.4) is 0 Å². The van der Waals surface area contributed by atoms with Gasteiger partial charge in [0.25, 0.3) is 5.82 Å². The highest BCUT2D eigenvalue weighted by Crippen LogP contribution is 2.12. The van der Waals surface area contributed by atoms with E-state index in [4.69, 9.17) is 0 Å². The fraction of sp³-hybridized carbons (Fsp3) is 0.875. The molecular weight excluding hydrogens is 316 g/mol. The van der Waals surface area contributed by atoms with Gasteiger partial charge in [-0.05, 0) is 32.1 Å². The molecule has 2 heteroatoms. The topological polar surface area (TPSA) is 8.81 Å². The Balaban J connectivity index is 2.40. The number of nitrogens with zero attached hydrogens (tertiary/aromatic N) is 2. The van der Waals surface area contributed by atoms with Gasteiger partial charge in [0.2, 0.25) is 0 Å². The summed E-state index contributed by atoms with van der Waals surface area (Å²) in [5.41, 5.74) is 0. The molecule has 2 nitrogen and oxygen atoms in total. The van der Waals surface area contributed by atoms with E-state index in [1.54, 1.807) is 5.82 Å². The van der Waals surface area contributed by atoms with Crippen molar-refractivity contribution in [3.8, 4) is 0 Å². The maximum Gasteiger partial charge on any atom is 0.256 e. The fourth-order valence-corrected chi connectivity index (χ4v) is 3.85. The molecule has 0 saturated heterocycles. The summed E-state index contributed by atoms with van der Waals surface area (Å²) in [7, 11) is 0. The van der Waals surface area contributed by atoms with Crippen LogP contribution in [0, 0.1) is 0 Å². The molecule has 1 heterocycles.